The van der Waals surface area contributed by atoms with Gasteiger partial charge in [-0.05, 0) is 62.6 Å². The van der Waals surface area contributed by atoms with E-state index in [2.05, 4.69) is 6.07 Å². The van der Waals surface area contributed by atoms with Crippen molar-refractivity contribution in [2.24, 2.45) is 5.92 Å². The molecule has 1 saturated carbocycles. The van der Waals surface area contributed by atoms with Crippen LogP contribution in [0.5, 0.6) is 0 Å². The lowest BCUT2D eigenvalue weighted by molar-refractivity contribution is -0.186. The largest absolute Gasteiger partial charge is 0.459 e. The van der Waals surface area contributed by atoms with E-state index in [1.165, 1.54) is 0 Å². The van der Waals surface area contributed by atoms with Gasteiger partial charge in [0.15, 0.2) is 0 Å². The maximum absolute atomic E-state index is 12.1. The second kappa shape index (κ2) is 7.81. The molecule has 1 aliphatic carbocycles. The van der Waals surface area contributed by atoms with Crippen molar-refractivity contribution in [1.82, 2.24) is 0 Å². The summed E-state index contributed by atoms with van der Waals surface area (Å²) in [6.07, 6.45) is 5.84. The Labute approximate surface area is 166 Å². The van der Waals surface area contributed by atoms with Crippen molar-refractivity contribution in [3.63, 3.8) is 0 Å². The van der Waals surface area contributed by atoms with Crippen LogP contribution in [0, 0.1) is 17.2 Å². The summed E-state index contributed by atoms with van der Waals surface area (Å²) in [5, 5.41) is 20.1. The fourth-order valence-electron chi connectivity index (χ4n) is 4.67. The van der Waals surface area contributed by atoms with E-state index >= 15 is 0 Å². The Kier molecular flexibility index (Phi) is 5.84. The van der Waals surface area contributed by atoms with Gasteiger partial charge in [0.1, 0.15) is 5.60 Å². The number of rotatable bonds is 5. The Morgan fingerprint density at radius 3 is 2.67 bits per heavy atom. The number of aliphatic hydroxyl groups is 1. The first-order valence-corrected chi connectivity index (χ1v) is 10.2. The summed E-state index contributed by atoms with van der Waals surface area (Å²) in [5.74, 6) is 0.0356. The van der Waals surface area contributed by atoms with Crippen LogP contribution in [-0.2, 0) is 21.4 Å². The van der Waals surface area contributed by atoms with E-state index in [4.69, 9.17) is 16.3 Å². The lowest BCUT2D eigenvalue weighted by Crippen LogP contribution is -2.49. The molecular formula is C22H28ClNO3. The van der Waals surface area contributed by atoms with Crippen LogP contribution in [0.2, 0.25) is 5.02 Å². The predicted octanol–water partition coefficient (Wildman–Crippen LogP) is 4.70. The molecule has 0 radical (unpaired) electrons. The SMILES string of the molecule is CC(C)(C#N)c1ccc(CCC2(C3CCCC3)CC(O)CC(=O)O2)cc1Cl. The summed E-state index contributed by atoms with van der Waals surface area (Å²) >= 11 is 6.45. The number of esters is 1. The van der Waals surface area contributed by atoms with Crippen molar-refractivity contribution in [2.45, 2.75) is 82.3 Å². The molecule has 0 aromatic heterocycles. The van der Waals surface area contributed by atoms with Crippen LogP contribution in [0.1, 0.15) is 69.9 Å². The molecule has 1 heterocycles. The highest BCUT2D eigenvalue weighted by Gasteiger charge is 2.47. The molecule has 2 unspecified atom stereocenters. The molecule has 3 rings (SSSR count). The number of aryl methyl sites for hydroxylation is 1. The number of benzene rings is 1. The summed E-state index contributed by atoms with van der Waals surface area (Å²) in [4.78, 5) is 12.1. The number of carbonyl (C=O) groups is 1. The van der Waals surface area contributed by atoms with E-state index in [1.807, 2.05) is 32.0 Å². The molecule has 27 heavy (non-hydrogen) atoms. The van der Waals surface area contributed by atoms with Crippen LogP contribution in [0.25, 0.3) is 0 Å². The standard InChI is InChI=1S/C22H28ClNO3/c1-21(2,14-24)18-8-7-15(11-19(18)23)9-10-22(16-5-3-4-6-16)13-17(25)12-20(26)27-22/h7-8,11,16-17,25H,3-6,9-10,12-13H2,1-2H3. The highest BCUT2D eigenvalue weighted by atomic mass is 35.5. The number of carbonyl (C=O) groups excluding carboxylic acids is 1. The maximum Gasteiger partial charge on any atom is 0.308 e. The minimum Gasteiger partial charge on any atom is -0.459 e. The van der Waals surface area contributed by atoms with Crippen molar-refractivity contribution >= 4 is 17.6 Å². The molecule has 0 bridgehead atoms. The Morgan fingerprint density at radius 2 is 2.07 bits per heavy atom. The zero-order valence-electron chi connectivity index (χ0n) is 16.1. The quantitative estimate of drug-likeness (QED) is 0.741. The van der Waals surface area contributed by atoms with Gasteiger partial charge in [0, 0.05) is 11.4 Å². The van der Waals surface area contributed by atoms with E-state index < -0.39 is 17.1 Å². The number of hydrogen-bond donors (Lipinski definition) is 1. The number of ether oxygens (including phenoxy) is 1. The molecule has 4 nitrogen and oxygen atoms in total. The van der Waals surface area contributed by atoms with Crippen molar-refractivity contribution in [2.75, 3.05) is 0 Å². The monoisotopic (exact) mass is 389 g/mol. The maximum atomic E-state index is 12.1. The van der Waals surface area contributed by atoms with Gasteiger partial charge in [-0.25, -0.2) is 0 Å². The normalized spacial score (nSPS) is 26.6. The fourth-order valence-corrected chi connectivity index (χ4v) is 5.11. The van der Waals surface area contributed by atoms with Crippen LogP contribution < -0.4 is 0 Å². The molecule has 1 aliphatic heterocycles. The topological polar surface area (TPSA) is 70.3 Å². The van der Waals surface area contributed by atoms with Crippen molar-refractivity contribution < 1.29 is 14.6 Å². The Hall–Kier alpha value is -1.57. The first kappa shape index (κ1) is 20.2. The number of aliphatic hydroxyl groups excluding tert-OH is 1. The molecule has 1 saturated heterocycles. The summed E-state index contributed by atoms with van der Waals surface area (Å²) in [6.45, 7) is 3.71. The zero-order chi connectivity index (χ0) is 19.7. The molecule has 0 spiro atoms. The van der Waals surface area contributed by atoms with Crippen molar-refractivity contribution in [3.05, 3.63) is 34.3 Å². The van der Waals surface area contributed by atoms with E-state index in [1.54, 1.807) is 0 Å². The third-order valence-corrected chi connectivity index (χ3v) is 6.54. The molecule has 146 valence electrons. The molecule has 1 aromatic rings. The van der Waals surface area contributed by atoms with Crippen LogP contribution in [0.15, 0.2) is 18.2 Å². The molecule has 1 N–H and O–H groups in total. The second-order valence-corrected chi connectivity index (χ2v) is 9.04. The number of cyclic esters (lactones) is 1. The average Bonchev–Trinajstić information content (AvgIpc) is 3.14. The smallest absolute Gasteiger partial charge is 0.308 e. The van der Waals surface area contributed by atoms with Gasteiger partial charge in [-0.3, -0.25) is 4.79 Å². The average molecular weight is 390 g/mol. The summed E-state index contributed by atoms with van der Waals surface area (Å²) in [5.41, 5.74) is 0.679. The van der Waals surface area contributed by atoms with Gasteiger partial charge in [-0.1, -0.05) is 36.6 Å². The minimum absolute atomic E-state index is 0.0955. The Balaban J connectivity index is 1.79. The van der Waals surface area contributed by atoms with Crippen LogP contribution in [0.4, 0.5) is 0 Å². The zero-order valence-corrected chi connectivity index (χ0v) is 16.9. The number of nitrogens with zero attached hydrogens (tertiary/aromatic N) is 1. The number of hydrogen-bond acceptors (Lipinski definition) is 4. The molecule has 2 fully saturated rings. The lowest BCUT2D eigenvalue weighted by atomic mass is 9.75. The second-order valence-electron chi connectivity index (χ2n) is 8.63. The molecular weight excluding hydrogens is 362 g/mol. The van der Waals surface area contributed by atoms with Gasteiger partial charge in [-0.15, -0.1) is 0 Å². The third kappa shape index (κ3) is 4.31. The van der Waals surface area contributed by atoms with Crippen LogP contribution >= 0.6 is 11.6 Å². The van der Waals surface area contributed by atoms with Crippen LogP contribution in [-0.4, -0.2) is 22.8 Å². The highest BCUT2D eigenvalue weighted by molar-refractivity contribution is 6.31. The van der Waals surface area contributed by atoms with E-state index in [9.17, 15) is 15.2 Å². The number of halogens is 1. The van der Waals surface area contributed by atoms with E-state index in [0.717, 1.165) is 43.2 Å². The van der Waals surface area contributed by atoms with Gasteiger partial charge in [0.05, 0.1) is 24.0 Å². The fraction of sp³-hybridized carbons (Fsp3) is 0.636. The molecule has 5 heteroatoms. The molecule has 0 amide bonds. The first-order valence-electron chi connectivity index (χ1n) is 9.86. The molecule has 1 aromatic carbocycles. The van der Waals surface area contributed by atoms with Gasteiger partial charge in [0.2, 0.25) is 0 Å². The van der Waals surface area contributed by atoms with Gasteiger partial charge >= 0.3 is 5.97 Å². The first-order chi connectivity index (χ1) is 12.8. The molecule has 2 aliphatic rings. The van der Waals surface area contributed by atoms with Gasteiger partial charge in [0.25, 0.3) is 0 Å². The Bertz CT molecular complexity index is 748. The van der Waals surface area contributed by atoms with E-state index in [-0.39, 0.29) is 12.4 Å². The summed E-state index contributed by atoms with van der Waals surface area (Å²) in [7, 11) is 0. The van der Waals surface area contributed by atoms with Crippen molar-refractivity contribution in [3.8, 4) is 6.07 Å². The third-order valence-electron chi connectivity index (χ3n) is 6.22. The summed E-state index contributed by atoms with van der Waals surface area (Å²) < 4.78 is 5.90. The Morgan fingerprint density at radius 1 is 1.37 bits per heavy atom. The van der Waals surface area contributed by atoms with Gasteiger partial charge in [-0.2, -0.15) is 5.26 Å². The van der Waals surface area contributed by atoms with E-state index in [0.29, 0.717) is 23.8 Å². The predicted molar refractivity (Wildman–Crippen MR) is 104 cm³/mol. The summed E-state index contributed by atoms with van der Waals surface area (Å²) in [6, 6.07) is 8.13. The molecule has 2 atom stereocenters. The lowest BCUT2D eigenvalue weighted by Gasteiger charge is -2.43. The van der Waals surface area contributed by atoms with Crippen LogP contribution in [0.3, 0.4) is 0 Å². The highest BCUT2D eigenvalue weighted by Crippen LogP contribution is 2.45. The number of nitriles is 1. The van der Waals surface area contributed by atoms with Gasteiger partial charge < -0.3 is 9.84 Å². The van der Waals surface area contributed by atoms with Crippen molar-refractivity contribution in [1.29, 1.82) is 5.26 Å². The minimum atomic E-state index is -0.635.